The Balaban J connectivity index is 2.71. The maximum absolute atomic E-state index is 12.3. The molecule has 1 aromatic carbocycles. The minimum atomic E-state index is -3.60. The monoisotopic (exact) mass is 283 g/mol. The topological polar surface area (TPSA) is 74.7 Å². The van der Waals surface area contributed by atoms with Crippen molar-refractivity contribution in [1.82, 2.24) is 4.31 Å². The summed E-state index contributed by atoms with van der Waals surface area (Å²) in [5.74, 6) is -1.09. The van der Waals surface area contributed by atoms with Crippen LogP contribution in [-0.4, -0.2) is 37.9 Å². The number of aryl methyl sites for hydroxylation is 1. The normalized spacial score (nSPS) is 15.3. The summed E-state index contributed by atoms with van der Waals surface area (Å²) in [6, 6.07) is 2.88. The second-order valence-corrected chi connectivity index (χ2v) is 7.03. The number of carboxylic acids is 1. The van der Waals surface area contributed by atoms with Crippen LogP contribution in [-0.2, 0) is 22.9 Å². The van der Waals surface area contributed by atoms with Gasteiger partial charge in [-0.2, -0.15) is 0 Å². The van der Waals surface area contributed by atoms with E-state index < -0.39 is 16.0 Å². The van der Waals surface area contributed by atoms with Crippen molar-refractivity contribution in [3.8, 4) is 0 Å². The third-order valence-electron chi connectivity index (χ3n) is 3.43. The first-order valence-electron chi connectivity index (χ1n) is 6.15. The van der Waals surface area contributed by atoms with E-state index >= 15 is 0 Å². The van der Waals surface area contributed by atoms with E-state index in [-0.39, 0.29) is 10.5 Å². The highest BCUT2D eigenvalue weighted by atomic mass is 32.2. The first-order chi connectivity index (χ1) is 8.84. The van der Waals surface area contributed by atoms with Crippen LogP contribution in [0.1, 0.15) is 34.3 Å². The van der Waals surface area contributed by atoms with Crippen molar-refractivity contribution in [2.24, 2.45) is 0 Å². The van der Waals surface area contributed by atoms with Gasteiger partial charge in [0.15, 0.2) is 0 Å². The van der Waals surface area contributed by atoms with E-state index in [1.165, 1.54) is 20.2 Å². The van der Waals surface area contributed by atoms with Gasteiger partial charge >= 0.3 is 5.97 Å². The summed E-state index contributed by atoms with van der Waals surface area (Å²) < 4.78 is 25.8. The van der Waals surface area contributed by atoms with Crippen LogP contribution in [0.5, 0.6) is 0 Å². The Bertz CT molecular complexity index is 620. The van der Waals surface area contributed by atoms with Gasteiger partial charge in [0.25, 0.3) is 0 Å². The van der Waals surface area contributed by atoms with Gasteiger partial charge in [-0.15, -0.1) is 0 Å². The molecular formula is C13H17NO4S. The molecule has 6 heteroatoms. The molecule has 0 atom stereocenters. The molecule has 0 saturated carbocycles. The predicted molar refractivity (Wildman–Crippen MR) is 70.9 cm³/mol. The number of rotatable bonds is 3. The highest BCUT2D eigenvalue weighted by Gasteiger charge is 2.26. The van der Waals surface area contributed by atoms with Crippen molar-refractivity contribution in [3.63, 3.8) is 0 Å². The summed E-state index contributed by atoms with van der Waals surface area (Å²) in [5, 5.41) is 9.11. The Morgan fingerprint density at radius 3 is 2.42 bits per heavy atom. The molecule has 1 aliphatic rings. The van der Waals surface area contributed by atoms with Gasteiger partial charge in [-0.1, -0.05) is 0 Å². The molecule has 0 aliphatic heterocycles. The highest BCUT2D eigenvalue weighted by molar-refractivity contribution is 7.89. The van der Waals surface area contributed by atoms with Gasteiger partial charge in [0, 0.05) is 14.1 Å². The summed E-state index contributed by atoms with van der Waals surface area (Å²) in [6.45, 7) is 0. The van der Waals surface area contributed by atoms with Crippen LogP contribution in [0.2, 0.25) is 0 Å². The molecule has 1 aliphatic carbocycles. The smallest absolute Gasteiger partial charge is 0.335 e. The van der Waals surface area contributed by atoms with Crippen molar-refractivity contribution in [1.29, 1.82) is 0 Å². The van der Waals surface area contributed by atoms with Crippen molar-refractivity contribution in [2.75, 3.05) is 14.1 Å². The average molecular weight is 283 g/mol. The minimum Gasteiger partial charge on any atom is -0.478 e. The van der Waals surface area contributed by atoms with Crippen molar-refractivity contribution in [3.05, 3.63) is 28.8 Å². The average Bonchev–Trinajstić information content (AvgIpc) is 2.37. The predicted octanol–water partition coefficient (Wildman–Crippen LogP) is 1.51. The number of nitrogens with zero attached hydrogens (tertiary/aromatic N) is 1. The number of aromatic carboxylic acids is 1. The van der Waals surface area contributed by atoms with Crippen LogP contribution in [0.15, 0.2) is 17.0 Å². The number of hydrogen-bond acceptors (Lipinski definition) is 3. The van der Waals surface area contributed by atoms with E-state index in [4.69, 9.17) is 5.11 Å². The van der Waals surface area contributed by atoms with Crippen molar-refractivity contribution < 1.29 is 18.3 Å². The van der Waals surface area contributed by atoms with Gasteiger partial charge in [0.2, 0.25) is 10.0 Å². The van der Waals surface area contributed by atoms with Gasteiger partial charge in [-0.25, -0.2) is 17.5 Å². The zero-order valence-corrected chi connectivity index (χ0v) is 11.8. The van der Waals surface area contributed by atoms with Crippen LogP contribution in [0, 0.1) is 0 Å². The van der Waals surface area contributed by atoms with Gasteiger partial charge in [0.1, 0.15) is 0 Å². The third kappa shape index (κ3) is 2.50. The molecule has 1 N–H and O–H groups in total. The number of sulfonamides is 1. The van der Waals surface area contributed by atoms with Gasteiger partial charge < -0.3 is 5.11 Å². The molecule has 1 aromatic rings. The number of carboxylic acid groups (broad SMARTS) is 1. The molecule has 0 spiro atoms. The number of hydrogen-bond donors (Lipinski definition) is 1. The Morgan fingerprint density at radius 1 is 1.21 bits per heavy atom. The van der Waals surface area contributed by atoms with Crippen molar-refractivity contribution in [2.45, 2.75) is 30.6 Å². The molecule has 0 bridgehead atoms. The SMILES string of the molecule is CN(C)S(=O)(=O)c1cc(C(=O)O)cc2c1CCCC2. The summed E-state index contributed by atoms with van der Waals surface area (Å²) in [4.78, 5) is 11.3. The molecule has 0 aromatic heterocycles. The van der Waals surface area contributed by atoms with E-state index in [1.54, 1.807) is 6.07 Å². The Kier molecular flexibility index (Phi) is 3.64. The number of carbonyl (C=O) groups is 1. The van der Waals surface area contributed by atoms with Crippen LogP contribution >= 0.6 is 0 Å². The molecule has 0 unspecified atom stereocenters. The molecule has 19 heavy (non-hydrogen) atoms. The van der Waals surface area contributed by atoms with Gasteiger partial charge in [-0.3, -0.25) is 0 Å². The lowest BCUT2D eigenvalue weighted by atomic mass is 9.90. The molecule has 0 amide bonds. The fraction of sp³-hybridized carbons (Fsp3) is 0.462. The zero-order chi connectivity index (χ0) is 14.2. The maximum Gasteiger partial charge on any atom is 0.335 e. The van der Waals surface area contributed by atoms with Crippen LogP contribution in [0.4, 0.5) is 0 Å². The number of benzene rings is 1. The van der Waals surface area contributed by atoms with E-state index in [0.29, 0.717) is 6.42 Å². The first-order valence-corrected chi connectivity index (χ1v) is 7.59. The Morgan fingerprint density at radius 2 is 1.84 bits per heavy atom. The van der Waals surface area contributed by atoms with Crippen LogP contribution in [0.3, 0.4) is 0 Å². The lowest BCUT2D eigenvalue weighted by Crippen LogP contribution is -2.25. The number of fused-ring (bicyclic) bond motifs is 1. The molecule has 5 nitrogen and oxygen atoms in total. The third-order valence-corrected chi connectivity index (χ3v) is 5.31. The van der Waals surface area contributed by atoms with Gasteiger partial charge in [0.05, 0.1) is 10.5 Å². The van der Waals surface area contributed by atoms with E-state index in [1.807, 2.05) is 0 Å². The summed E-state index contributed by atoms with van der Waals surface area (Å²) in [6.07, 6.45) is 3.34. The van der Waals surface area contributed by atoms with Gasteiger partial charge in [-0.05, 0) is 48.9 Å². The Labute approximate surface area is 112 Å². The van der Waals surface area contributed by atoms with E-state index in [2.05, 4.69) is 0 Å². The van der Waals surface area contributed by atoms with Crippen LogP contribution < -0.4 is 0 Å². The van der Waals surface area contributed by atoms with E-state index in [9.17, 15) is 13.2 Å². The fourth-order valence-electron chi connectivity index (χ4n) is 2.38. The summed E-state index contributed by atoms with van der Waals surface area (Å²) in [7, 11) is -0.692. The summed E-state index contributed by atoms with van der Waals surface area (Å²) in [5.41, 5.74) is 1.68. The lowest BCUT2D eigenvalue weighted by molar-refractivity contribution is 0.0696. The largest absolute Gasteiger partial charge is 0.478 e. The molecule has 104 valence electrons. The lowest BCUT2D eigenvalue weighted by Gasteiger charge is -2.22. The molecule has 0 fully saturated rings. The zero-order valence-electron chi connectivity index (χ0n) is 11.0. The fourth-order valence-corrected chi connectivity index (χ4v) is 3.59. The molecule has 0 heterocycles. The standard InChI is InChI=1S/C13H17NO4S/c1-14(2)19(17,18)12-8-10(13(15)16)7-9-5-3-4-6-11(9)12/h7-8H,3-6H2,1-2H3,(H,15,16). The minimum absolute atomic E-state index is 0.0427. The molecule has 2 rings (SSSR count). The molecule has 0 saturated heterocycles. The van der Waals surface area contributed by atoms with E-state index in [0.717, 1.165) is 34.7 Å². The van der Waals surface area contributed by atoms with Crippen LogP contribution in [0.25, 0.3) is 0 Å². The molecule has 0 radical (unpaired) electrons. The summed E-state index contributed by atoms with van der Waals surface area (Å²) >= 11 is 0. The molecular weight excluding hydrogens is 266 g/mol. The highest BCUT2D eigenvalue weighted by Crippen LogP contribution is 2.30. The Hall–Kier alpha value is -1.40. The first kappa shape index (κ1) is 14.0. The second-order valence-electron chi connectivity index (χ2n) is 4.91. The van der Waals surface area contributed by atoms with Crippen molar-refractivity contribution >= 4 is 16.0 Å². The quantitative estimate of drug-likeness (QED) is 0.912. The second kappa shape index (κ2) is 4.94. The maximum atomic E-state index is 12.3.